The fourth-order valence-electron chi connectivity index (χ4n) is 5.44. The lowest BCUT2D eigenvalue weighted by Crippen LogP contribution is -2.33. The molecule has 0 fully saturated rings. The van der Waals surface area contributed by atoms with Crippen molar-refractivity contribution >= 4 is 22.9 Å². The zero-order valence-electron chi connectivity index (χ0n) is 18.0. The number of hydrogen-bond acceptors (Lipinski definition) is 3. The van der Waals surface area contributed by atoms with Crippen LogP contribution in [-0.2, 0) is 0 Å². The zero-order valence-corrected chi connectivity index (χ0v) is 18.7. The van der Waals surface area contributed by atoms with Crippen molar-refractivity contribution in [3.05, 3.63) is 58.1 Å². The van der Waals surface area contributed by atoms with Gasteiger partial charge in [-0.2, -0.15) is 0 Å². The van der Waals surface area contributed by atoms with E-state index in [0.717, 1.165) is 35.4 Å². The molecule has 2 atom stereocenters. The average molecular weight is 422 g/mol. The van der Waals surface area contributed by atoms with Gasteiger partial charge in [-0.15, -0.1) is 0 Å². The van der Waals surface area contributed by atoms with E-state index in [4.69, 9.17) is 16.3 Å². The summed E-state index contributed by atoms with van der Waals surface area (Å²) < 4.78 is 6.65. The van der Waals surface area contributed by atoms with E-state index in [1.807, 2.05) is 6.07 Å². The topological polar surface area (TPSA) is 41.5 Å². The molecular formula is C26H28ClNO2. The Bertz CT molecular complexity index is 1110. The van der Waals surface area contributed by atoms with Crippen molar-refractivity contribution < 1.29 is 9.84 Å². The van der Waals surface area contributed by atoms with Gasteiger partial charge in [0.05, 0.1) is 10.6 Å². The zero-order chi connectivity index (χ0) is 21.2. The number of hydrogen-bond donors (Lipinski definition) is 2. The Morgan fingerprint density at radius 3 is 2.70 bits per heavy atom. The van der Waals surface area contributed by atoms with Gasteiger partial charge in [-0.25, -0.2) is 0 Å². The summed E-state index contributed by atoms with van der Waals surface area (Å²) in [5, 5.41) is 14.3. The molecule has 30 heavy (non-hydrogen) atoms. The third-order valence-electron chi connectivity index (χ3n) is 6.56. The first kappa shape index (κ1) is 19.6. The van der Waals surface area contributed by atoms with Gasteiger partial charge in [-0.3, -0.25) is 0 Å². The number of fused-ring (bicyclic) bond motifs is 5. The molecule has 2 aromatic rings. The molecule has 1 aliphatic carbocycles. The van der Waals surface area contributed by atoms with E-state index in [2.05, 4.69) is 57.3 Å². The SMILES string of the molecule is CC1=C[C@@H]([C@@H]2Oc3ccc(O)c(Cl)c3-c3ccc4c(c32)C(C)=CC(C)(C)N4)CCC1. The van der Waals surface area contributed by atoms with E-state index < -0.39 is 0 Å². The number of phenolic OH excluding ortho intramolecular Hbond substituents is 1. The molecule has 156 valence electrons. The van der Waals surface area contributed by atoms with E-state index in [0.29, 0.717) is 10.9 Å². The smallest absolute Gasteiger partial charge is 0.135 e. The summed E-state index contributed by atoms with van der Waals surface area (Å²) in [5.74, 6) is 1.14. The van der Waals surface area contributed by atoms with E-state index in [1.54, 1.807) is 6.07 Å². The minimum atomic E-state index is -0.106. The summed E-state index contributed by atoms with van der Waals surface area (Å²) in [7, 11) is 0. The van der Waals surface area contributed by atoms with Crippen LogP contribution in [0.25, 0.3) is 16.7 Å². The molecule has 3 aliphatic rings. The second-order valence-corrected chi connectivity index (χ2v) is 9.88. The number of ether oxygens (including phenoxy) is 1. The van der Waals surface area contributed by atoms with Crippen LogP contribution in [0.4, 0.5) is 5.69 Å². The Balaban J connectivity index is 1.79. The molecule has 2 aliphatic heterocycles. The van der Waals surface area contributed by atoms with Gasteiger partial charge in [0.1, 0.15) is 17.6 Å². The van der Waals surface area contributed by atoms with Crippen LogP contribution in [0.15, 0.2) is 42.0 Å². The van der Waals surface area contributed by atoms with Crippen LogP contribution in [0.5, 0.6) is 11.5 Å². The van der Waals surface area contributed by atoms with E-state index in [9.17, 15) is 5.11 Å². The predicted molar refractivity (Wildman–Crippen MR) is 124 cm³/mol. The van der Waals surface area contributed by atoms with Crippen molar-refractivity contribution in [2.45, 2.75) is 58.6 Å². The Hall–Kier alpha value is -2.39. The van der Waals surface area contributed by atoms with Gasteiger partial charge >= 0.3 is 0 Å². The Labute approximate surface area is 183 Å². The molecule has 0 saturated carbocycles. The van der Waals surface area contributed by atoms with Gasteiger partial charge < -0.3 is 15.2 Å². The first-order chi connectivity index (χ1) is 14.2. The molecule has 0 saturated heterocycles. The number of benzene rings is 2. The third-order valence-corrected chi connectivity index (χ3v) is 6.94. The van der Waals surface area contributed by atoms with Crippen LogP contribution in [-0.4, -0.2) is 10.6 Å². The second-order valence-electron chi connectivity index (χ2n) is 9.50. The first-order valence-electron chi connectivity index (χ1n) is 10.8. The Morgan fingerprint density at radius 1 is 1.13 bits per heavy atom. The molecule has 0 aromatic heterocycles. The lowest BCUT2D eigenvalue weighted by Gasteiger charge is -2.39. The predicted octanol–water partition coefficient (Wildman–Crippen LogP) is 7.50. The second kappa shape index (κ2) is 6.81. The third kappa shape index (κ3) is 3.02. The van der Waals surface area contributed by atoms with Crippen molar-refractivity contribution in [1.29, 1.82) is 0 Å². The quantitative estimate of drug-likeness (QED) is 0.468. The minimum absolute atomic E-state index is 0.0790. The maximum Gasteiger partial charge on any atom is 0.135 e. The monoisotopic (exact) mass is 421 g/mol. The standard InChI is InChI=1S/C26H28ClNO2/c1-14-6-5-7-16(12-14)25-23-17(22-20(30-25)11-10-19(29)24(22)27)8-9-18-21(23)15(2)13-26(3,4)28-18/h8-13,16,25,28-29H,5-7H2,1-4H3/t16-,25-/m0/s1. The van der Waals surface area contributed by atoms with E-state index in [-0.39, 0.29) is 17.4 Å². The van der Waals surface area contributed by atoms with Crippen LogP contribution >= 0.6 is 11.6 Å². The molecule has 0 amide bonds. The van der Waals surface area contributed by atoms with Crippen LogP contribution in [0, 0.1) is 5.92 Å². The first-order valence-corrected chi connectivity index (χ1v) is 11.1. The number of phenols is 1. The molecule has 2 N–H and O–H groups in total. The van der Waals surface area contributed by atoms with Crippen LogP contribution in [0.1, 0.15) is 64.2 Å². The van der Waals surface area contributed by atoms with Crippen molar-refractivity contribution in [3.8, 4) is 22.6 Å². The highest BCUT2D eigenvalue weighted by molar-refractivity contribution is 6.35. The molecule has 2 aromatic carbocycles. The van der Waals surface area contributed by atoms with Gasteiger partial charge in [0.2, 0.25) is 0 Å². The number of allylic oxidation sites excluding steroid dienone is 2. The number of aromatic hydroxyl groups is 1. The normalized spacial score (nSPS) is 23.8. The summed E-state index contributed by atoms with van der Waals surface area (Å²) in [5.41, 5.74) is 7.94. The van der Waals surface area contributed by atoms with Crippen molar-refractivity contribution in [1.82, 2.24) is 0 Å². The molecule has 0 bridgehead atoms. The maximum atomic E-state index is 10.3. The van der Waals surface area contributed by atoms with E-state index >= 15 is 0 Å². The highest BCUT2D eigenvalue weighted by Gasteiger charge is 2.38. The number of halogens is 1. The fourth-order valence-corrected chi connectivity index (χ4v) is 5.70. The van der Waals surface area contributed by atoms with Gasteiger partial charge in [0.15, 0.2) is 0 Å². The van der Waals surface area contributed by atoms with Gasteiger partial charge in [-0.05, 0) is 76.3 Å². The summed E-state index contributed by atoms with van der Waals surface area (Å²) in [6.45, 7) is 8.77. The highest BCUT2D eigenvalue weighted by atomic mass is 35.5. The fraction of sp³-hybridized carbons (Fsp3) is 0.385. The Morgan fingerprint density at radius 2 is 1.93 bits per heavy atom. The van der Waals surface area contributed by atoms with Gasteiger partial charge in [-0.1, -0.05) is 35.4 Å². The molecular weight excluding hydrogens is 394 g/mol. The largest absolute Gasteiger partial charge is 0.506 e. The molecule has 0 unspecified atom stereocenters. The molecule has 3 nitrogen and oxygen atoms in total. The molecule has 2 heterocycles. The molecule has 4 heteroatoms. The summed E-state index contributed by atoms with van der Waals surface area (Å²) in [4.78, 5) is 0. The Kier molecular flexibility index (Phi) is 4.44. The molecule has 5 rings (SSSR count). The molecule has 0 radical (unpaired) electrons. The van der Waals surface area contributed by atoms with Crippen LogP contribution < -0.4 is 10.1 Å². The van der Waals surface area contributed by atoms with Crippen LogP contribution in [0.2, 0.25) is 5.02 Å². The average Bonchev–Trinajstić information content (AvgIpc) is 2.68. The van der Waals surface area contributed by atoms with Crippen molar-refractivity contribution in [2.75, 3.05) is 5.32 Å². The van der Waals surface area contributed by atoms with E-state index in [1.165, 1.54) is 28.7 Å². The van der Waals surface area contributed by atoms with Crippen molar-refractivity contribution in [2.24, 2.45) is 5.92 Å². The van der Waals surface area contributed by atoms with Crippen LogP contribution in [0.3, 0.4) is 0 Å². The van der Waals surface area contributed by atoms with Gasteiger partial charge in [0, 0.05) is 28.3 Å². The number of nitrogens with one attached hydrogen (secondary N) is 1. The summed E-state index contributed by atoms with van der Waals surface area (Å²) in [6.07, 6.45) is 8.05. The number of rotatable bonds is 1. The highest BCUT2D eigenvalue weighted by Crippen LogP contribution is 2.55. The minimum Gasteiger partial charge on any atom is -0.506 e. The lowest BCUT2D eigenvalue weighted by atomic mass is 9.76. The maximum absolute atomic E-state index is 10.3. The van der Waals surface area contributed by atoms with Crippen molar-refractivity contribution in [3.63, 3.8) is 0 Å². The van der Waals surface area contributed by atoms with Gasteiger partial charge in [0.25, 0.3) is 0 Å². The molecule has 0 spiro atoms. The summed E-state index contributed by atoms with van der Waals surface area (Å²) in [6, 6.07) is 7.74. The lowest BCUT2D eigenvalue weighted by molar-refractivity contribution is 0.145. The summed E-state index contributed by atoms with van der Waals surface area (Å²) >= 11 is 6.59. The number of anilines is 1.